The topological polar surface area (TPSA) is 72.7 Å². The molecule has 6 nitrogen and oxygen atoms in total. The number of aromatic nitrogens is 4. The highest BCUT2D eigenvalue weighted by molar-refractivity contribution is 5.94. The number of nitrogens with zero attached hydrogens (tertiary/aromatic N) is 4. The summed E-state index contributed by atoms with van der Waals surface area (Å²) >= 11 is 0. The minimum absolute atomic E-state index is 0.145. The smallest absolute Gasteiger partial charge is 0.251 e. The number of rotatable bonds is 4. The van der Waals surface area contributed by atoms with Crippen molar-refractivity contribution in [3.63, 3.8) is 0 Å². The maximum absolute atomic E-state index is 12.4. The van der Waals surface area contributed by atoms with E-state index in [-0.39, 0.29) is 5.91 Å². The van der Waals surface area contributed by atoms with Crippen molar-refractivity contribution in [3.8, 4) is 5.69 Å². The number of carbonyl (C=O) groups excluding carboxylic acids is 1. The number of benzene rings is 1. The molecular weight excluding hydrogens is 302 g/mol. The minimum atomic E-state index is -0.145. The highest BCUT2D eigenvalue weighted by Crippen LogP contribution is 2.18. The first kappa shape index (κ1) is 14.6. The van der Waals surface area contributed by atoms with Gasteiger partial charge in [0.15, 0.2) is 0 Å². The summed E-state index contributed by atoms with van der Waals surface area (Å²) in [6, 6.07) is 9.20. The van der Waals surface area contributed by atoms with Crippen LogP contribution in [0.4, 0.5) is 0 Å². The summed E-state index contributed by atoms with van der Waals surface area (Å²) in [5.41, 5.74) is 3.79. The molecule has 0 atom stereocenters. The lowest BCUT2D eigenvalue weighted by Gasteiger charge is -2.07. The molecule has 0 radical (unpaired) electrons. The van der Waals surface area contributed by atoms with Crippen LogP contribution in [0.2, 0.25) is 0 Å². The maximum Gasteiger partial charge on any atom is 0.251 e. The van der Waals surface area contributed by atoms with Crippen LogP contribution in [0.3, 0.4) is 0 Å². The van der Waals surface area contributed by atoms with Crippen LogP contribution in [0.15, 0.2) is 48.9 Å². The minimum Gasteiger partial charge on any atom is -0.345 e. The molecule has 6 heteroatoms. The summed E-state index contributed by atoms with van der Waals surface area (Å²) in [5.74, 6) is 0.514. The molecule has 0 aliphatic heterocycles. The van der Waals surface area contributed by atoms with Gasteiger partial charge in [0.2, 0.25) is 0 Å². The van der Waals surface area contributed by atoms with E-state index < -0.39 is 0 Å². The van der Waals surface area contributed by atoms with Crippen molar-refractivity contribution in [1.82, 2.24) is 25.1 Å². The summed E-state index contributed by atoms with van der Waals surface area (Å²) in [4.78, 5) is 21.2. The molecule has 0 fully saturated rings. The predicted molar refractivity (Wildman–Crippen MR) is 88.8 cm³/mol. The van der Waals surface area contributed by atoms with Gasteiger partial charge in [0.25, 0.3) is 5.91 Å². The first-order valence-electron chi connectivity index (χ1n) is 8.01. The van der Waals surface area contributed by atoms with Crippen molar-refractivity contribution in [2.75, 3.05) is 0 Å². The number of hydrogen-bond acceptors (Lipinski definition) is 4. The van der Waals surface area contributed by atoms with E-state index in [0.29, 0.717) is 17.9 Å². The van der Waals surface area contributed by atoms with Crippen molar-refractivity contribution in [2.24, 2.45) is 0 Å². The molecule has 0 saturated carbocycles. The molecule has 1 aliphatic rings. The Morgan fingerprint density at radius 1 is 1.25 bits per heavy atom. The van der Waals surface area contributed by atoms with Crippen LogP contribution in [0.1, 0.15) is 33.9 Å². The van der Waals surface area contributed by atoms with Crippen LogP contribution < -0.4 is 5.32 Å². The van der Waals surface area contributed by atoms with Crippen molar-refractivity contribution in [3.05, 3.63) is 71.6 Å². The van der Waals surface area contributed by atoms with Gasteiger partial charge >= 0.3 is 0 Å². The molecule has 2 heterocycles. The SMILES string of the molecule is O=C(NCc1ncc2c(n1)CCC2)c1cccc(-n2cccn2)c1. The fourth-order valence-electron chi connectivity index (χ4n) is 2.91. The van der Waals surface area contributed by atoms with E-state index in [1.807, 2.05) is 36.7 Å². The standard InChI is InChI=1S/C18H17N5O/c24-18(13-4-1-6-15(10-13)23-9-3-8-21-23)20-12-17-19-11-14-5-2-7-16(14)22-17/h1,3-4,6,8-11H,2,5,7,12H2,(H,20,24). The summed E-state index contributed by atoms with van der Waals surface area (Å²) in [6.07, 6.45) is 8.63. The third kappa shape index (κ3) is 2.90. The van der Waals surface area contributed by atoms with E-state index in [4.69, 9.17) is 0 Å². The third-order valence-electron chi connectivity index (χ3n) is 4.15. The van der Waals surface area contributed by atoms with E-state index in [1.54, 1.807) is 16.9 Å². The lowest BCUT2D eigenvalue weighted by Crippen LogP contribution is -2.24. The average Bonchev–Trinajstić information content (AvgIpc) is 3.30. The van der Waals surface area contributed by atoms with Crippen LogP contribution in [-0.2, 0) is 19.4 Å². The zero-order valence-corrected chi connectivity index (χ0v) is 13.1. The Morgan fingerprint density at radius 3 is 3.08 bits per heavy atom. The highest BCUT2D eigenvalue weighted by Gasteiger charge is 2.14. The second-order valence-corrected chi connectivity index (χ2v) is 5.80. The van der Waals surface area contributed by atoms with Gasteiger partial charge in [0, 0.05) is 29.8 Å². The number of amides is 1. The van der Waals surface area contributed by atoms with Crippen molar-refractivity contribution >= 4 is 5.91 Å². The fourth-order valence-corrected chi connectivity index (χ4v) is 2.91. The molecule has 4 rings (SSSR count). The van der Waals surface area contributed by atoms with Gasteiger partial charge in [-0.2, -0.15) is 5.10 Å². The van der Waals surface area contributed by atoms with Gasteiger partial charge < -0.3 is 5.32 Å². The summed E-state index contributed by atoms with van der Waals surface area (Å²) < 4.78 is 1.72. The van der Waals surface area contributed by atoms with Gasteiger partial charge in [-0.15, -0.1) is 0 Å². The Morgan fingerprint density at radius 2 is 2.21 bits per heavy atom. The van der Waals surface area contributed by atoms with E-state index in [1.165, 1.54) is 5.56 Å². The van der Waals surface area contributed by atoms with Gasteiger partial charge in [-0.3, -0.25) is 4.79 Å². The molecule has 1 aromatic carbocycles. The van der Waals surface area contributed by atoms with Crippen LogP contribution in [0, 0.1) is 0 Å². The van der Waals surface area contributed by atoms with Crippen molar-refractivity contribution < 1.29 is 4.79 Å². The molecule has 24 heavy (non-hydrogen) atoms. The zero-order chi connectivity index (χ0) is 16.4. The number of carbonyl (C=O) groups is 1. The van der Waals surface area contributed by atoms with Crippen molar-refractivity contribution in [1.29, 1.82) is 0 Å². The quantitative estimate of drug-likeness (QED) is 0.799. The van der Waals surface area contributed by atoms with Crippen LogP contribution in [0.25, 0.3) is 5.69 Å². The molecular formula is C18H17N5O. The van der Waals surface area contributed by atoms with Gasteiger partial charge in [0.1, 0.15) is 5.82 Å². The second kappa shape index (κ2) is 6.23. The van der Waals surface area contributed by atoms with Gasteiger partial charge in [-0.1, -0.05) is 6.07 Å². The molecule has 1 aliphatic carbocycles. The summed E-state index contributed by atoms with van der Waals surface area (Å²) in [6.45, 7) is 0.331. The van der Waals surface area contributed by atoms with Crippen LogP contribution in [0.5, 0.6) is 0 Å². The van der Waals surface area contributed by atoms with Crippen LogP contribution >= 0.6 is 0 Å². The van der Waals surface area contributed by atoms with Gasteiger partial charge in [-0.25, -0.2) is 14.6 Å². The highest BCUT2D eigenvalue weighted by atomic mass is 16.1. The van der Waals surface area contributed by atoms with E-state index in [9.17, 15) is 4.79 Å². The molecule has 3 aromatic rings. The Bertz CT molecular complexity index is 873. The molecule has 0 bridgehead atoms. The fraction of sp³-hybridized carbons (Fsp3) is 0.222. The first-order valence-corrected chi connectivity index (χ1v) is 8.01. The Labute approximate surface area is 139 Å². The number of fused-ring (bicyclic) bond motifs is 1. The summed E-state index contributed by atoms with van der Waals surface area (Å²) in [7, 11) is 0. The van der Waals surface area contributed by atoms with E-state index in [2.05, 4.69) is 20.4 Å². The monoisotopic (exact) mass is 319 g/mol. The summed E-state index contributed by atoms with van der Waals surface area (Å²) in [5, 5.41) is 7.06. The molecule has 0 unspecified atom stereocenters. The second-order valence-electron chi connectivity index (χ2n) is 5.80. The average molecular weight is 319 g/mol. The number of aryl methyl sites for hydroxylation is 2. The van der Waals surface area contributed by atoms with Crippen molar-refractivity contribution in [2.45, 2.75) is 25.8 Å². The number of hydrogen-bond donors (Lipinski definition) is 1. The first-order chi connectivity index (χ1) is 11.8. The Hall–Kier alpha value is -3.02. The zero-order valence-electron chi connectivity index (χ0n) is 13.1. The molecule has 0 saturated heterocycles. The molecule has 1 N–H and O–H groups in total. The maximum atomic E-state index is 12.4. The van der Waals surface area contributed by atoms with Gasteiger partial charge in [-0.05, 0) is 49.1 Å². The largest absolute Gasteiger partial charge is 0.345 e. The lowest BCUT2D eigenvalue weighted by molar-refractivity contribution is 0.0950. The van der Waals surface area contributed by atoms with E-state index in [0.717, 1.165) is 30.6 Å². The van der Waals surface area contributed by atoms with Crippen LogP contribution in [-0.4, -0.2) is 25.7 Å². The Balaban J connectivity index is 1.46. The Kier molecular flexibility index (Phi) is 3.78. The normalized spacial score (nSPS) is 12.8. The molecule has 120 valence electrons. The molecule has 0 spiro atoms. The third-order valence-corrected chi connectivity index (χ3v) is 4.15. The molecule has 2 aromatic heterocycles. The van der Waals surface area contributed by atoms with Gasteiger partial charge in [0.05, 0.1) is 12.2 Å². The number of nitrogens with one attached hydrogen (secondary N) is 1. The van der Waals surface area contributed by atoms with E-state index >= 15 is 0 Å². The molecule has 1 amide bonds. The lowest BCUT2D eigenvalue weighted by atomic mass is 10.2. The predicted octanol–water partition coefficient (Wildman–Crippen LogP) is 2.08.